The third kappa shape index (κ3) is 3.17. The number of rotatable bonds is 3. The zero-order valence-corrected chi connectivity index (χ0v) is 10.7. The summed E-state index contributed by atoms with van der Waals surface area (Å²) in [6, 6.07) is 0. The normalized spacial score (nSPS) is 34.6. The van der Waals surface area contributed by atoms with E-state index in [1.807, 2.05) is 0 Å². The zero-order valence-electron chi connectivity index (χ0n) is 9.86. The molecule has 0 saturated heterocycles. The number of halogens is 3. The quantitative estimate of drug-likeness (QED) is 0.811. The van der Waals surface area contributed by atoms with Crippen LogP contribution in [0, 0.1) is 17.8 Å². The van der Waals surface area contributed by atoms with Gasteiger partial charge in [0.25, 0.3) is 10.1 Å². The molecule has 0 aromatic rings. The van der Waals surface area contributed by atoms with E-state index in [4.69, 9.17) is 4.55 Å². The van der Waals surface area contributed by atoms with E-state index in [-0.39, 0.29) is 5.92 Å². The van der Waals surface area contributed by atoms with Crippen molar-refractivity contribution in [1.82, 2.24) is 0 Å². The van der Waals surface area contributed by atoms with Crippen LogP contribution in [0.2, 0.25) is 0 Å². The van der Waals surface area contributed by atoms with Crippen molar-refractivity contribution in [3.63, 3.8) is 0 Å². The van der Waals surface area contributed by atoms with Gasteiger partial charge in [0.1, 0.15) is 0 Å². The van der Waals surface area contributed by atoms with E-state index in [2.05, 4.69) is 0 Å². The van der Waals surface area contributed by atoms with Crippen LogP contribution in [0.5, 0.6) is 0 Å². The predicted octanol–water partition coefficient (Wildman–Crippen LogP) is 3.02. The predicted molar refractivity (Wildman–Crippen MR) is 59.6 cm³/mol. The van der Waals surface area contributed by atoms with E-state index in [0.717, 1.165) is 19.3 Å². The van der Waals surface area contributed by atoms with Crippen LogP contribution in [-0.4, -0.2) is 24.4 Å². The van der Waals surface area contributed by atoms with Crippen LogP contribution in [0.4, 0.5) is 13.2 Å². The summed E-state index contributed by atoms with van der Waals surface area (Å²) >= 11 is 0. The summed E-state index contributed by atoms with van der Waals surface area (Å²) in [5.41, 5.74) is 0. The first-order valence-corrected chi connectivity index (χ1v) is 7.69. The highest BCUT2D eigenvalue weighted by Crippen LogP contribution is 2.47. The maximum Gasteiger partial charge on any atom is 0.407 e. The lowest BCUT2D eigenvalue weighted by Crippen LogP contribution is -2.38. The minimum Gasteiger partial charge on any atom is -0.285 e. The van der Waals surface area contributed by atoms with Crippen LogP contribution < -0.4 is 0 Å². The minimum absolute atomic E-state index is 0.232. The number of alkyl halides is 3. The van der Waals surface area contributed by atoms with Crippen LogP contribution in [-0.2, 0) is 10.1 Å². The molecule has 2 bridgehead atoms. The molecule has 106 valence electrons. The summed E-state index contributed by atoms with van der Waals surface area (Å²) in [6.07, 6.45) is -0.886. The molecule has 0 heterocycles. The third-order valence-corrected chi connectivity index (χ3v) is 5.43. The molecular formula is C11H17F3O3S. The SMILES string of the molecule is O=S(=O)(O)C(CC1CC2CCC(C2)C1)C(F)(F)F. The van der Waals surface area contributed by atoms with Gasteiger partial charge in [-0.15, -0.1) is 0 Å². The molecule has 0 radical (unpaired) electrons. The monoisotopic (exact) mass is 286 g/mol. The van der Waals surface area contributed by atoms with Crippen LogP contribution >= 0.6 is 0 Å². The summed E-state index contributed by atoms with van der Waals surface area (Å²) in [4.78, 5) is 0. The highest BCUT2D eigenvalue weighted by Gasteiger charge is 2.50. The van der Waals surface area contributed by atoms with E-state index in [1.165, 1.54) is 0 Å². The van der Waals surface area contributed by atoms with Gasteiger partial charge < -0.3 is 0 Å². The Hall–Kier alpha value is -0.300. The molecule has 3 unspecified atom stereocenters. The van der Waals surface area contributed by atoms with E-state index >= 15 is 0 Å². The number of hydrogen-bond donors (Lipinski definition) is 1. The van der Waals surface area contributed by atoms with E-state index in [1.54, 1.807) is 0 Å². The first-order valence-electron chi connectivity index (χ1n) is 6.19. The highest BCUT2D eigenvalue weighted by molar-refractivity contribution is 7.86. The second-order valence-corrected chi connectivity index (χ2v) is 7.26. The van der Waals surface area contributed by atoms with Gasteiger partial charge in [-0.05, 0) is 43.4 Å². The Morgan fingerprint density at radius 3 is 2.00 bits per heavy atom. The van der Waals surface area contributed by atoms with Crippen molar-refractivity contribution in [2.75, 3.05) is 0 Å². The smallest absolute Gasteiger partial charge is 0.285 e. The fraction of sp³-hybridized carbons (Fsp3) is 1.00. The van der Waals surface area contributed by atoms with Crippen molar-refractivity contribution in [1.29, 1.82) is 0 Å². The van der Waals surface area contributed by atoms with Gasteiger partial charge in [0.05, 0.1) is 0 Å². The average molecular weight is 286 g/mol. The fourth-order valence-corrected chi connectivity index (χ4v) is 4.42. The van der Waals surface area contributed by atoms with Crippen molar-refractivity contribution in [3.8, 4) is 0 Å². The molecule has 3 atom stereocenters. The van der Waals surface area contributed by atoms with Crippen molar-refractivity contribution in [2.24, 2.45) is 17.8 Å². The zero-order chi connectivity index (χ0) is 13.6. The van der Waals surface area contributed by atoms with Gasteiger partial charge in [0.15, 0.2) is 5.25 Å². The van der Waals surface area contributed by atoms with Crippen LogP contribution in [0.3, 0.4) is 0 Å². The Labute approximate surface area is 105 Å². The molecule has 0 spiro atoms. The lowest BCUT2D eigenvalue weighted by molar-refractivity contribution is -0.135. The van der Waals surface area contributed by atoms with Crippen molar-refractivity contribution < 1.29 is 26.1 Å². The van der Waals surface area contributed by atoms with Crippen molar-refractivity contribution in [2.45, 2.75) is 50.0 Å². The molecule has 0 aromatic heterocycles. The Kier molecular flexibility index (Phi) is 3.66. The molecule has 2 saturated carbocycles. The first-order chi connectivity index (χ1) is 8.16. The second kappa shape index (κ2) is 4.67. The summed E-state index contributed by atoms with van der Waals surface area (Å²) in [7, 11) is -5.06. The minimum atomic E-state index is -5.06. The lowest BCUT2D eigenvalue weighted by Gasteiger charge is -2.30. The fourth-order valence-electron chi connectivity index (χ4n) is 3.56. The molecule has 0 aromatic carbocycles. The molecule has 2 aliphatic rings. The molecular weight excluding hydrogens is 269 g/mol. The summed E-state index contributed by atoms with van der Waals surface area (Å²) < 4.78 is 68.4. The molecule has 3 nitrogen and oxygen atoms in total. The Morgan fingerprint density at radius 1 is 1.11 bits per heavy atom. The van der Waals surface area contributed by atoms with Gasteiger partial charge in [0, 0.05) is 0 Å². The van der Waals surface area contributed by atoms with Gasteiger partial charge in [-0.2, -0.15) is 21.6 Å². The maximum absolute atomic E-state index is 12.6. The Bertz CT molecular complexity index is 392. The second-order valence-electron chi connectivity index (χ2n) is 5.66. The maximum atomic E-state index is 12.6. The first kappa shape index (κ1) is 14.1. The molecule has 1 N–H and O–H groups in total. The van der Waals surface area contributed by atoms with Crippen LogP contribution in [0.1, 0.15) is 38.5 Å². The number of fused-ring (bicyclic) bond motifs is 2. The molecule has 18 heavy (non-hydrogen) atoms. The standard InChI is InChI=1S/C11H17F3O3S/c12-11(13,14)10(18(15,16)17)6-9-4-7-1-2-8(3-7)5-9/h7-10H,1-6H2,(H,15,16,17). The molecule has 2 rings (SSSR count). The molecule has 2 aliphatic carbocycles. The topological polar surface area (TPSA) is 54.4 Å². The van der Waals surface area contributed by atoms with Crippen molar-refractivity contribution in [3.05, 3.63) is 0 Å². The van der Waals surface area contributed by atoms with E-state index in [0.29, 0.717) is 24.7 Å². The number of hydrogen-bond acceptors (Lipinski definition) is 2. The average Bonchev–Trinajstić information content (AvgIpc) is 2.51. The highest BCUT2D eigenvalue weighted by atomic mass is 32.2. The lowest BCUT2D eigenvalue weighted by atomic mass is 9.79. The Balaban J connectivity index is 2.06. The van der Waals surface area contributed by atoms with Gasteiger partial charge in [-0.3, -0.25) is 4.55 Å². The van der Waals surface area contributed by atoms with E-state index in [9.17, 15) is 21.6 Å². The Morgan fingerprint density at radius 2 is 1.61 bits per heavy atom. The molecule has 0 aliphatic heterocycles. The summed E-state index contributed by atoms with van der Waals surface area (Å²) in [5.74, 6) is 0.665. The van der Waals surface area contributed by atoms with Crippen molar-refractivity contribution >= 4 is 10.1 Å². The summed E-state index contributed by atoms with van der Waals surface area (Å²) in [6.45, 7) is 0. The molecule has 0 amide bonds. The van der Waals surface area contributed by atoms with Crippen LogP contribution in [0.25, 0.3) is 0 Å². The van der Waals surface area contributed by atoms with Crippen LogP contribution in [0.15, 0.2) is 0 Å². The van der Waals surface area contributed by atoms with Gasteiger partial charge in [-0.25, -0.2) is 0 Å². The van der Waals surface area contributed by atoms with Gasteiger partial charge >= 0.3 is 6.18 Å². The van der Waals surface area contributed by atoms with E-state index < -0.39 is 28.0 Å². The summed E-state index contributed by atoms with van der Waals surface area (Å²) in [5, 5.41) is -2.62. The third-order valence-electron chi connectivity index (χ3n) is 4.26. The van der Waals surface area contributed by atoms with Gasteiger partial charge in [-0.1, -0.05) is 12.8 Å². The molecule has 7 heteroatoms. The van der Waals surface area contributed by atoms with Gasteiger partial charge in [0.2, 0.25) is 0 Å². The largest absolute Gasteiger partial charge is 0.407 e. The molecule has 2 fully saturated rings.